The lowest BCUT2D eigenvalue weighted by Gasteiger charge is -2.36. The normalized spacial score (nSPS) is 26.1. The molecule has 1 aromatic rings. The van der Waals surface area contributed by atoms with Crippen LogP contribution in [-0.2, 0) is 0 Å². The van der Waals surface area contributed by atoms with Gasteiger partial charge in [-0.25, -0.2) is 4.98 Å². The molecule has 2 heterocycles. The molecule has 4 heteroatoms. The van der Waals surface area contributed by atoms with Crippen LogP contribution in [-0.4, -0.2) is 24.1 Å². The lowest BCUT2D eigenvalue weighted by atomic mass is 9.91. The Hall–Kier alpha value is -0.610. The first-order valence-corrected chi connectivity index (χ1v) is 6.88. The van der Waals surface area contributed by atoms with Crippen LogP contribution in [0, 0.1) is 19.8 Å². The maximum atomic E-state index is 6.12. The molecule has 2 unspecified atom stereocenters. The Morgan fingerprint density at radius 1 is 1.50 bits per heavy atom. The second-order valence-electron chi connectivity index (χ2n) is 4.70. The molecule has 16 heavy (non-hydrogen) atoms. The third-order valence-corrected chi connectivity index (χ3v) is 4.74. The topological polar surface area (TPSA) is 42.2 Å². The van der Waals surface area contributed by atoms with E-state index in [9.17, 15) is 0 Å². The van der Waals surface area contributed by atoms with E-state index in [2.05, 4.69) is 30.7 Å². The Bertz CT molecular complexity index is 342. The Morgan fingerprint density at radius 2 is 2.25 bits per heavy atom. The summed E-state index contributed by atoms with van der Waals surface area (Å²) in [5.74, 6) is 0.623. The molecule has 0 bridgehead atoms. The van der Waals surface area contributed by atoms with Crippen molar-refractivity contribution in [3.05, 3.63) is 10.6 Å². The van der Waals surface area contributed by atoms with Crippen LogP contribution >= 0.6 is 11.3 Å². The summed E-state index contributed by atoms with van der Waals surface area (Å²) in [6.45, 7) is 8.59. The van der Waals surface area contributed by atoms with Crippen LogP contribution in [0.4, 0.5) is 5.13 Å². The molecule has 0 saturated carbocycles. The van der Waals surface area contributed by atoms with Gasteiger partial charge in [-0.1, -0.05) is 13.3 Å². The molecule has 0 aliphatic carbocycles. The molecule has 3 nitrogen and oxygen atoms in total. The van der Waals surface area contributed by atoms with Crippen LogP contribution in [0.15, 0.2) is 0 Å². The minimum atomic E-state index is 0.378. The van der Waals surface area contributed by atoms with E-state index in [-0.39, 0.29) is 0 Å². The molecule has 1 fully saturated rings. The number of nitrogens with two attached hydrogens (primary N) is 1. The molecule has 90 valence electrons. The summed E-state index contributed by atoms with van der Waals surface area (Å²) < 4.78 is 0. The Kier molecular flexibility index (Phi) is 3.50. The molecular formula is C12H21N3S. The van der Waals surface area contributed by atoms with Crippen LogP contribution in [0.5, 0.6) is 0 Å². The molecule has 1 aromatic heterocycles. The minimum absolute atomic E-state index is 0.378. The molecule has 1 aliphatic rings. The summed E-state index contributed by atoms with van der Waals surface area (Å²) in [6.07, 6.45) is 2.26. The summed E-state index contributed by atoms with van der Waals surface area (Å²) in [4.78, 5) is 8.37. The van der Waals surface area contributed by atoms with E-state index < -0.39 is 0 Å². The monoisotopic (exact) mass is 239 g/mol. The van der Waals surface area contributed by atoms with Crippen LogP contribution in [0.25, 0.3) is 0 Å². The molecule has 0 radical (unpaired) electrons. The second-order valence-corrected chi connectivity index (χ2v) is 5.89. The number of aromatic nitrogens is 1. The molecular weight excluding hydrogens is 218 g/mol. The van der Waals surface area contributed by atoms with E-state index >= 15 is 0 Å². The van der Waals surface area contributed by atoms with E-state index in [0.717, 1.165) is 19.5 Å². The number of thiazole rings is 1. The van der Waals surface area contributed by atoms with Crippen molar-refractivity contribution in [3.63, 3.8) is 0 Å². The Balaban J connectivity index is 2.11. The van der Waals surface area contributed by atoms with Gasteiger partial charge in [-0.2, -0.15) is 0 Å². The largest absolute Gasteiger partial charge is 0.348 e. The predicted molar refractivity (Wildman–Crippen MR) is 70.2 cm³/mol. The zero-order chi connectivity index (χ0) is 11.7. The molecule has 2 atom stereocenters. The summed E-state index contributed by atoms with van der Waals surface area (Å²) in [5, 5.41) is 1.18. The van der Waals surface area contributed by atoms with Gasteiger partial charge in [-0.3, -0.25) is 0 Å². The zero-order valence-electron chi connectivity index (χ0n) is 10.4. The number of anilines is 1. The van der Waals surface area contributed by atoms with Crippen LogP contribution in [0.2, 0.25) is 0 Å². The van der Waals surface area contributed by atoms with Crippen LogP contribution in [0.1, 0.15) is 30.3 Å². The fourth-order valence-corrected chi connectivity index (χ4v) is 3.19. The highest BCUT2D eigenvalue weighted by atomic mass is 32.1. The molecule has 1 saturated heterocycles. The fraction of sp³-hybridized carbons (Fsp3) is 0.750. The van der Waals surface area contributed by atoms with Crippen molar-refractivity contribution in [1.82, 2.24) is 4.98 Å². The fourth-order valence-electron chi connectivity index (χ4n) is 2.25. The highest BCUT2D eigenvalue weighted by Gasteiger charge is 2.26. The first-order chi connectivity index (χ1) is 7.61. The Morgan fingerprint density at radius 3 is 2.81 bits per heavy atom. The summed E-state index contributed by atoms with van der Waals surface area (Å²) >= 11 is 1.81. The van der Waals surface area contributed by atoms with E-state index in [0.29, 0.717) is 12.0 Å². The van der Waals surface area contributed by atoms with Gasteiger partial charge in [-0.05, 0) is 26.2 Å². The summed E-state index contributed by atoms with van der Waals surface area (Å²) in [6, 6.07) is 0.378. The highest BCUT2D eigenvalue weighted by molar-refractivity contribution is 7.15. The predicted octanol–water partition coefficient (Wildman–Crippen LogP) is 2.32. The molecule has 0 aromatic carbocycles. The number of piperidine rings is 1. The number of hydrogen-bond acceptors (Lipinski definition) is 4. The van der Waals surface area contributed by atoms with Crippen molar-refractivity contribution in [2.24, 2.45) is 11.7 Å². The van der Waals surface area contributed by atoms with Gasteiger partial charge >= 0.3 is 0 Å². The number of nitrogens with zero attached hydrogens (tertiary/aromatic N) is 2. The van der Waals surface area contributed by atoms with Crippen molar-refractivity contribution in [2.75, 3.05) is 18.0 Å². The van der Waals surface area contributed by atoms with Gasteiger partial charge in [0.1, 0.15) is 0 Å². The number of rotatable bonds is 2. The van der Waals surface area contributed by atoms with E-state index in [4.69, 9.17) is 5.73 Å². The number of hydrogen-bond donors (Lipinski definition) is 1. The van der Waals surface area contributed by atoms with Crippen molar-refractivity contribution >= 4 is 16.5 Å². The first-order valence-electron chi connectivity index (χ1n) is 6.06. The van der Waals surface area contributed by atoms with Gasteiger partial charge < -0.3 is 10.6 Å². The first kappa shape index (κ1) is 11.9. The zero-order valence-corrected chi connectivity index (χ0v) is 11.2. The lowest BCUT2D eigenvalue weighted by Crippen LogP contribution is -2.46. The smallest absolute Gasteiger partial charge is 0.185 e. The summed E-state index contributed by atoms with van der Waals surface area (Å²) in [7, 11) is 0. The highest BCUT2D eigenvalue weighted by Crippen LogP contribution is 2.29. The van der Waals surface area contributed by atoms with E-state index in [1.165, 1.54) is 22.1 Å². The maximum Gasteiger partial charge on any atom is 0.185 e. The van der Waals surface area contributed by atoms with E-state index in [1.54, 1.807) is 0 Å². The van der Waals surface area contributed by atoms with Gasteiger partial charge in [0.25, 0.3) is 0 Å². The van der Waals surface area contributed by atoms with Crippen molar-refractivity contribution in [3.8, 4) is 0 Å². The average molecular weight is 239 g/mol. The standard InChI is InChI=1S/C12H21N3S/c1-4-10-7-15(6-5-11(10)13)12-14-8(2)9(3)16-12/h10-11H,4-7,13H2,1-3H3. The third-order valence-electron chi connectivity index (χ3n) is 3.60. The SMILES string of the molecule is CCC1CN(c2nc(C)c(C)s2)CCC1N. The average Bonchev–Trinajstić information content (AvgIpc) is 2.60. The lowest BCUT2D eigenvalue weighted by molar-refractivity contribution is 0.348. The molecule has 2 rings (SSSR count). The van der Waals surface area contributed by atoms with Crippen molar-refractivity contribution in [2.45, 2.75) is 39.7 Å². The summed E-state index contributed by atoms with van der Waals surface area (Å²) in [5.41, 5.74) is 7.29. The quantitative estimate of drug-likeness (QED) is 0.861. The number of aryl methyl sites for hydroxylation is 2. The van der Waals surface area contributed by atoms with Gasteiger partial charge in [0, 0.05) is 24.0 Å². The molecule has 1 aliphatic heterocycles. The minimum Gasteiger partial charge on any atom is -0.348 e. The van der Waals surface area contributed by atoms with Crippen LogP contribution < -0.4 is 10.6 Å². The molecule has 0 amide bonds. The third kappa shape index (κ3) is 2.23. The van der Waals surface area contributed by atoms with Gasteiger partial charge in [0.2, 0.25) is 0 Å². The van der Waals surface area contributed by atoms with E-state index in [1.807, 2.05) is 11.3 Å². The Labute approximate surface area is 102 Å². The van der Waals surface area contributed by atoms with Gasteiger partial charge in [-0.15, -0.1) is 11.3 Å². The van der Waals surface area contributed by atoms with Gasteiger partial charge in [0.15, 0.2) is 5.13 Å². The van der Waals surface area contributed by atoms with Gasteiger partial charge in [0.05, 0.1) is 5.69 Å². The molecule has 2 N–H and O–H groups in total. The second kappa shape index (κ2) is 4.72. The van der Waals surface area contributed by atoms with Crippen molar-refractivity contribution < 1.29 is 0 Å². The van der Waals surface area contributed by atoms with Crippen LogP contribution in [0.3, 0.4) is 0 Å². The molecule has 0 spiro atoms. The maximum absolute atomic E-state index is 6.12. The van der Waals surface area contributed by atoms with Crippen molar-refractivity contribution in [1.29, 1.82) is 0 Å².